The third-order valence-electron chi connectivity index (χ3n) is 2.44. The molecule has 2 aromatic rings. The number of thiazole rings is 1. The van der Waals surface area contributed by atoms with E-state index in [0.29, 0.717) is 13.1 Å². The van der Waals surface area contributed by atoms with Crippen molar-refractivity contribution >= 4 is 68.5 Å². The van der Waals surface area contributed by atoms with Crippen LogP contribution in [0.3, 0.4) is 0 Å². The van der Waals surface area contributed by atoms with Crippen LogP contribution < -0.4 is 10.6 Å². The minimum Gasteiger partial charge on any atom is -0.357 e. The summed E-state index contributed by atoms with van der Waals surface area (Å²) < 4.78 is 1.11. The summed E-state index contributed by atoms with van der Waals surface area (Å²) in [5.41, 5.74) is 0. The maximum Gasteiger partial charge on any atom is 0.191 e. The number of hydrogen-bond acceptors (Lipinski definition) is 4. The number of aliphatic imine (C=N–C) groups is 1. The van der Waals surface area contributed by atoms with Crippen molar-refractivity contribution in [2.75, 3.05) is 6.54 Å². The highest BCUT2D eigenvalue weighted by molar-refractivity contribution is 14.0. The maximum absolute atomic E-state index is 4.58. The van der Waals surface area contributed by atoms with Crippen molar-refractivity contribution in [2.24, 2.45) is 4.99 Å². The van der Waals surface area contributed by atoms with Crippen LogP contribution in [-0.2, 0) is 13.1 Å². The molecule has 8 heteroatoms. The number of hydrogen-bond donors (Lipinski definition) is 2. The molecule has 2 rings (SSSR count). The Bertz CT molecular complexity index is 582. The second kappa shape index (κ2) is 9.75. The Morgan fingerprint density at radius 3 is 2.81 bits per heavy atom. The van der Waals surface area contributed by atoms with E-state index in [4.69, 9.17) is 0 Å². The van der Waals surface area contributed by atoms with Crippen molar-refractivity contribution in [2.45, 2.75) is 26.9 Å². The number of rotatable bonds is 5. The van der Waals surface area contributed by atoms with E-state index in [9.17, 15) is 0 Å². The summed E-state index contributed by atoms with van der Waals surface area (Å²) in [7, 11) is 0. The first-order valence-electron chi connectivity index (χ1n) is 6.33. The fourth-order valence-corrected chi connectivity index (χ4v) is 3.68. The van der Waals surface area contributed by atoms with Gasteiger partial charge in [0.05, 0.1) is 13.1 Å². The maximum atomic E-state index is 4.58. The molecule has 21 heavy (non-hydrogen) atoms. The van der Waals surface area contributed by atoms with Crippen LogP contribution in [0.5, 0.6) is 0 Å². The van der Waals surface area contributed by atoms with Gasteiger partial charge < -0.3 is 10.6 Å². The fourth-order valence-electron chi connectivity index (χ4n) is 1.58. The van der Waals surface area contributed by atoms with Gasteiger partial charge in [-0.2, -0.15) is 0 Å². The molecule has 0 aliphatic rings. The second-order valence-corrected chi connectivity index (χ2v) is 7.38. The minimum absolute atomic E-state index is 0. The Hall–Kier alpha value is -0.190. The van der Waals surface area contributed by atoms with Gasteiger partial charge in [-0.3, -0.25) is 0 Å². The molecule has 116 valence electrons. The smallest absolute Gasteiger partial charge is 0.191 e. The van der Waals surface area contributed by atoms with Gasteiger partial charge in [-0.25, -0.2) is 9.98 Å². The van der Waals surface area contributed by atoms with Gasteiger partial charge in [-0.1, -0.05) is 0 Å². The van der Waals surface area contributed by atoms with Crippen LogP contribution in [0.2, 0.25) is 0 Å². The van der Waals surface area contributed by atoms with E-state index in [1.807, 2.05) is 6.20 Å². The summed E-state index contributed by atoms with van der Waals surface area (Å²) in [5.74, 6) is 0.824. The first-order valence-corrected chi connectivity index (χ1v) is 8.82. The molecule has 0 saturated carbocycles. The molecule has 0 amide bonds. The number of nitrogens with zero attached hydrogens (tertiary/aromatic N) is 2. The lowest BCUT2D eigenvalue weighted by molar-refractivity contribution is 0.813. The van der Waals surface area contributed by atoms with Gasteiger partial charge in [0.25, 0.3) is 0 Å². The van der Waals surface area contributed by atoms with Crippen LogP contribution in [0.4, 0.5) is 0 Å². The molecule has 0 atom stereocenters. The lowest BCUT2D eigenvalue weighted by atomic mass is 10.5. The molecular formula is C13H18BrIN4S2. The molecule has 2 heterocycles. The fraction of sp³-hybridized carbons (Fsp3) is 0.385. The highest BCUT2D eigenvalue weighted by Crippen LogP contribution is 2.20. The summed E-state index contributed by atoms with van der Waals surface area (Å²) in [4.78, 5) is 11.4. The highest BCUT2D eigenvalue weighted by atomic mass is 127. The number of thiophene rings is 1. The van der Waals surface area contributed by atoms with E-state index in [2.05, 4.69) is 61.8 Å². The molecule has 0 aromatic carbocycles. The van der Waals surface area contributed by atoms with E-state index in [0.717, 1.165) is 22.0 Å². The predicted molar refractivity (Wildman–Crippen MR) is 106 cm³/mol. The van der Waals surface area contributed by atoms with E-state index >= 15 is 0 Å². The Labute approximate surface area is 158 Å². The first kappa shape index (κ1) is 18.9. The molecule has 0 unspecified atom stereocenters. The molecular weight excluding hydrogens is 483 g/mol. The molecule has 2 aromatic heterocycles. The lowest BCUT2D eigenvalue weighted by Crippen LogP contribution is -2.36. The number of halogens is 2. The van der Waals surface area contributed by atoms with Crippen LogP contribution in [0.15, 0.2) is 27.1 Å². The van der Waals surface area contributed by atoms with E-state index in [1.54, 1.807) is 22.7 Å². The summed E-state index contributed by atoms with van der Waals surface area (Å²) in [5, 5.41) is 9.70. The molecule has 0 aliphatic carbocycles. The lowest BCUT2D eigenvalue weighted by Gasteiger charge is -2.09. The van der Waals surface area contributed by atoms with E-state index in [1.165, 1.54) is 9.75 Å². The summed E-state index contributed by atoms with van der Waals surface area (Å²) in [6.45, 7) is 6.36. The Balaban J connectivity index is 0.00000220. The standard InChI is InChI=1S/C13H17BrN4S2.HI/c1-3-15-13(17-6-11-4-10(14)8-19-11)18-7-12-16-5-9(2)20-12;/h4-5,8H,3,6-7H2,1-2H3,(H2,15,17,18);1H. The molecule has 2 N–H and O–H groups in total. The van der Waals surface area contributed by atoms with Gasteiger partial charge in [-0.05, 0) is 35.8 Å². The summed E-state index contributed by atoms with van der Waals surface area (Å²) in [6, 6.07) is 2.10. The first-order chi connectivity index (χ1) is 9.67. The predicted octanol–water partition coefficient (Wildman–Crippen LogP) is 4.15. The third-order valence-corrected chi connectivity index (χ3v) is 5.03. The molecule has 0 fully saturated rings. The average Bonchev–Trinajstić information content (AvgIpc) is 3.02. The Kier molecular flexibility index (Phi) is 8.76. The van der Waals surface area contributed by atoms with Crippen molar-refractivity contribution in [3.63, 3.8) is 0 Å². The molecule has 0 saturated heterocycles. The van der Waals surface area contributed by atoms with Gasteiger partial charge >= 0.3 is 0 Å². The molecule has 0 aliphatic heterocycles. The third kappa shape index (κ3) is 6.62. The van der Waals surface area contributed by atoms with Crippen molar-refractivity contribution in [1.82, 2.24) is 15.6 Å². The van der Waals surface area contributed by atoms with Crippen molar-refractivity contribution in [3.05, 3.63) is 36.9 Å². The monoisotopic (exact) mass is 500 g/mol. The minimum atomic E-state index is 0. The molecule has 0 spiro atoms. The zero-order valence-electron chi connectivity index (χ0n) is 11.9. The van der Waals surface area contributed by atoms with Crippen molar-refractivity contribution in [3.8, 4) is 0 Å². The topological polar surface area (TPSA) is 49.3 Å². The average molecular weight is 501 g/mol. The van der Waals surface area contributed by atoms with Gasteiger partial charge in [0, 0.05) is 32.3 Å². The van der Waals surface area contributed by atoms with Gasteiger partial charge in [0.2, 0.25) is 0 Å². The largest absolute Gasteiger partial charge is 0.357 e. The Morgan fingerprint density at radius 2 is 2.24 bits per heavy atom. The number of aromatic nitrogens is 1. The number of nitrogens with one attached hydrogen (secondary N) is 2. The van der Waals surface area contributed by atoms with Crippen LogP contribution in [0.1, 0.15) is 21.7 Å². The molecule has 4 nitrogen and oxygen atoms in total. The van der Waals surface area contributed by atoms with E-state index in [-0.39, 0.29) is 24.0 Å². The van der Waals surface area contributed by atoms with Crippen LogP contribution in [0, 0.1) is 6.92 Å². The second-order valence-electron chi connectivity index (χ2n) is 4.14. The summed E-state index contributed by atoms with van der Waals surface area (Å²) >= 11 is 6.87. The Morgan fingerprint density at radius 1 is 1.43 bits per heavy atom. The van der Waals surface area contributed by atoms with Gasteiger partial charge in [-0.15, -0.1) is 46.7 Å². The summed E-state index contributed by atoms with van der Waals surface area (Å²) in [6.07, 6.45) is 1.90. The molecule has 0 bridgehead atoms. The number of guanidine groups is 1. The van der Waals surface area contributed by atoms with Gasteiger partial charge in [0.15, 0.2) is 5.96 Å². The van der Waals surface area contributed by atoms with Crippen LogP contribution >= 0.6 is 62.6 Å². The van der Waals surface area contributed by atoms with Gasteiger partial charge in [0.1, 0.15) is 5.01 Å². The molecule has 0 radical (unpaired) electrons. The van der Waals surface area contributed by atoms with E-state index < -0.39 is 0 Å². The van der Waals surface area contributed by atoms with Crippen LogP contribution in [-0.4, -0.2) is 17.5 Å². The quantitative estimate of drug-likeness (QED) is 0.368. The zero-order chi connectivity index (χ0) is 14.4. The zero-order valence-corrected chi connectivity index (χ0v) is 17.4. The number of aryl methyl sites for hydroxylation is 1. The van der Waals surface area contributed by atoms with Crippen molar-refractivity contribution < 1.29 is 0 Å². The highest BCUT2D eigenvalue weighted by Gasteiger charge is 2.02. The normalized spacial score (nSPS) is 11.1. The SMILES string of the molecule is CCNC(=NCc1cc(Br)cs1)NCc1ncc(C)s1.I. The van der Waals surface area contributed by atoms with Crippen LogP contribution in [0.25, 0.3) is 0 Å². The van der Waals surface area contributed by atoms with Crippen molar-refractivity contribution in [1.29, 1.82) is 0 Å².